The lowest BCUT2D eigenvalue weighted by Crippen LogP contribution is -1.86. The summed E-state index contributed by atoms with van der Waals surface area (Å²) in [6.07, 6.45) is 20.9. The first-order valence-electron chi connectivity index (χ1n) is 8.97. The van der Waals surface area contributed by atoms with Gasteiger partial charge in [0.1, 0.15) is 0 Å². The van der Waals surface area contributed by atoms with Gasteiger partial charge >= 0.3 is 0 Å². The Hall–Kier alpha value is -0.260. The van der Waals surface area contributed by atoms with E-state index in [4.69, 9.17) is 0 Å². The van der Waals surface area contributed by atoms with Gasteiger partial charge in [-0.05, 0) is 25.7 Å². The van der Waals surface area contributed by atoms with Crippen molar-refractivity contribution in [1.82, 2.24) is 0 Å². The fraction of sp³-hybridized carbons (Fsp3) is 0.895. The third kappa shape index (κ3) is 15.7. The Morgan fingerprint density at radius 2 is 0.842 bits per heavy atom. The summed E-state index contributed by atoms with van der Waals surface area (Å²) < 4.78 is 0. The zero-order valence-corrected chi connectivity index (χ0v) is 13.8. The molecule has 0 aromatic heterocycles. The standard InChI is InChI=1S/C19H38/c1-4-6-8-10-11-12-14-16-18-19(3)17-15-13-9-7-5-2/h3-18H2,1-2H3. The van der Waals surface area contributed by atoms with Gasteiger partial charge in [0, 0.05) is 0 Å². The Morgan fingerprint density at radius 3 is 1.21 bits per heavy atom. The summed E-state index contributed by atoms with van der Waals surface area (Å²) in [6.45, 7) is 8.80. The number of hydrogen-bond donors (Lipinski definition) is 0. The minimum absolute atomic E-state index is 1.28. The van der Waals surface area contributed by atoms with Crippen molar-refractivity contribution in [2.75, 3.05) is 0 Å². The number of rotatable bonds is 15. The zero-order valence-electron chi connectivity index (χ0n) is 13.8. The number of allylic oxidation sites excluding steroid dienone is 1. The molecule has 0 saturated heterocycles. The second-order valence-corrected chi connectivity index (χ2v) is 6.14. The first-order valence-corrected chi connectivity index (χ1v) is 8.97. The molecule has 0 nitrogen and oxygen atoms in total. The van der Waals surface area contributed by atoms with E-state index in [0.717, 1.165) is 0 Å². The van der Waals surface area contributed by atoms with Crippen LogP contribution in [-0.2, 0) is 0 Å². The van der Waals surface area contributed by atoms with Gasteiger partial charge in [0.15, 0.2) is 0 Å². The fourth-order valence-corrected chi connectivity index (χ4v) is 2.61. The van der Waals surface area contributed by atoms with E-state index in [2.05, 4.69) is 20.4 Å². The van der Waals surface area contributed by atoms with E-state index in [0.29, 0.717) is 0 Å². The predicted octanol–water partition coefficient (Wildman–Crippen LogP) is 7.43. The molecule has 0 aliphatic heterocycles. The maximum atomic E-state index is 4.23. The van der Waals surface area contributed by atoms with E-state index < -0.39 is 0 Å². The highest BCUT2D eigenvalue weighted by Gasteiger charge is 1.97. The van der Waals surface area contributed by atoms with Crippen LogP contribution in [0.15, 0.2) is 12.2 Å². The van der Waals surface area contributed by atoms with Gasteiger partial charge in [0.25, 0.3) is 0 Å². The molecule has 0 aliphatic rings. The summed E-state index contributed by atoms with van der Waals surface area (Å²) >= 11 is 0. The van der Waals surface area contributed by atoms with Crippen LogP contribution in [0.1, 0.15) is 110 Å². The van der Waals surface area contributed by atoms with Gasteiger partial charge in [0.05, 0.1) is 0 Å². The van der Waals surface area contributed by atoms with Crippen LogP contribution in [0.25, 0.3) is 0 Å². The molecular weight excluding hydrogens is 228 g/mol. The summed E-state index contributed by atoms with van der Waals surface area (Å²) in [4.78, 5) is 0. The summed E-state index contributed by atoms with van der Waals surface area (Å²) in [7, 11) is 0. The van der Waals surface area contributed by atoms with Crippen molar-refractivity contribution in [3.8, 4) is 0 Å². The Morgan fingerprint density at radius 1 is 0.526 bits per heavy atom. The van der Waals surface area contributed by atoms with Crippen LogP contribution in [-0.4, -0.2) is 0 Å². The highest BCUT2D eigenvalue weighted by molar-refractivity contribution is 4.93. The van der Waals surface area contributed by atoms with Crippen molar-refractivity contribution in [1.29, 1.82) is 0 Å². The normalized spacial score (nSPS) is 10.8. The van der Waals surface area contributed by atoms with Gasteiger partial charge in [-0.1, -0.05) is 96.6 Å². The smallest absolute Gasteiger partial charge is 0.0323 e. The molecule has 0 fully saturated rings. The van der Waals surface area contributed by atoms with Crippen LogP contribution in [0.4, 0.5) is 0 Å². The zero-order chi connectivity index (χ0) is 14.2. The molecule has 0 aliphatic carbocycles. The lowest BCUT2D eigenvalue weighted by atomic mass is 10.0. The van der Waals surface area contributed by atoms with Crippen molar-refractivity contribution in [3.63, 3.8) is 0 Å². The molecule has 0 heteroatoms. The highest BCUT2D eigenvalue weighted by Crippen LogP contribution is 2.16. The lowest BCUT2D eigenvalue weighted by molar-refractivity contribution is 0.568. The van der Waals surface area contributed by atoms with E-state index in [9.17, 15) is 0 Å². The molecule has 19 heavy (non-hydrogen) atoms. The van der Waals surface area contributed by atoms with E-state index in [1.54, 1.807) is 0 Å². The van der Waals surface area contributed by atoms with Gasteiger partial charge in [-0.25, -0.2) is 0 Å². The molecule has 0 unspecified atom stereocenters. The van der Waals surface area contributed by atoms with E-state index in [-0.39, 0.29) is 0 Å². The molecule has 0 atom stereocenters. The van der Waals surface area contributed by atoms with E-state index in [1.165, 1.54) is 102 Å². The van der Waals surface area contributed by atoms with Crippen LogP contribution in [0.2, 0.25) is 0 Å². The predicted molar refractivity (Wildman–Crippen MR) is 89.7 cm³/mol. The topological polar surface area (TPSA) is 0 Å². The summed E-state index contributed by atoms with van der Waals surface area (Å²) in [5.74, 6) is 0. The van der Waals surface area contributed by atoms with Crippen LogP contribution in [0, 0.1) is 0 Å². The average molecular weight is 267 g/mol. The van der Waals surface area contributed by atoms with E-state index in [1.807, 2.05) is 0 Å². The van der Waals surface area contributed by atoms with Gasteiger partial charge in [-0.3, -0.25) is 0 Å². The van der Waals surface area contributed by atoms with Crippen LogP contribution >= 0.6 is 0 Å². The second kappa shape index (κ2) is 15.8. The Labute approximate surface area is 123 Å². The molecule has 0 radical (unpaired) electrons. The molecule has 0 bridgehead atoms. The Kier molecular flexibility index (Phi) is 15.6. The van der Waals surface area contributed by atoms with Crippen molar-refractivity contribution in [2.45, 2.75) is 110 Å². The SMILES string of the molecule is C=C(CCCCCCC)CCCCCCCCCC. The third-order valence-corrected chi connectivity index (χ3v) is 4.02. The third-order valence-electron chi connectivity index (χ3n) is 4.02. The molecule has 0 aromatic carbocycles. The summed E-state index contributed by atoms with van der Waals surface area (Å²) in [5.41, 5.74) is 1.50. The van der Waals surface area contributed by atoms with Crippen LogP contribution in [0.3, 0.4) is 0 Å². The Balaban J connectivity index is 3.12. The van der Waals surface area contributed by atoms with Crippen molar-refractivity contribution < 1.29 is 0 Å². The van der Waals surface area contributed by atoms with Crippen molar-refractivity contribution >= 4 is 0 Å². The fourth-order valence-electron chi connectivity index (χ4n) is 2.61. The Bertz CT molecular complexity index is 180. The largest absolute Gasteiger partial charge is 0.0999 e. The molecule has 0 heterocycles. The average Bonchev–Trinajstić information content (AvgIpc) is 2.41. The highest BCUT2D eigenvalue weighted by atomic mass is 14.0. The molecule has 0 aromatic rings. The minimum Gasteiger partial charge on any atom is -0.0999 e. The lowest BCUT2D eigenvalue weighted by Gasteiger charge is -2.06. The van der Waals surface area contributed by atoms with Crippen molar-refractivity contribution in [3.05, 3.63) is 12.2 Å². The molecule has 114 valence electrons. The number of hydrogen-bond acceptors (Lipinski definition) is 0. The molecular formula is C19H38. The number of unbranched alkanes of at least 4 members (excludes halogenated alkanes) is 11. The molecule has 0 amide bonds. The molecule has 0 saturated carbocycles. The minimum atomic E-state index is 1.28. The second-order valence-electron chi connectivity index (χ2n) is 6.14. The van der Waals surface area contributed by atoms with Gasteiger partial charge in [-0.15, -0.1) is 0 Å². The first kappa shape index (κ1) is 18.7. The first-order chi connectivity index (χ1) is 9.31. The maximum absolute atomic E-state index is 4.23. The molecule has 0 spiro atoms. The van der Waals surface area contributed by atoms with Crippen molar-refractivity contribution in [2.24, 2.45) is 0 Å². The van der Waals surface area contributed by atoms with Crippen LogP contribution in [0.5, 0.6) is 0 Å². The maximum Gasteiger partial charge on any atom is -0.0323 e. The summed E-state index contributed by atoms with van der Waals surface area (Å²) in [5, 5.41) is 0. The van der Waals surface area contributed by atoms with Gasteiger partial charge < -0.3 is 0 Å². The van der Waals surface area contributed by atoms with Crippen LogP contribution < -0.4 is 0 Å². The monoisotopic (exact) mass is 266 g/mol. The summed E-state index contributed by atoms with van der Waals surface area (Å²) in [6, 6.07) is 0. The van der Waals surface area contributed by atoms with Gasteiger partial charge in [0.2, 0.25) is 0 Å². The molecule has 0 N–H and O–H groups in total. The van der Waals surface area contributed by atoms with Gasteiger partial charge in [-0.2, -0.15) is 0 Å². The quantitative estimate of drug-likeness (QED) is 0.213. The van der Waals surface area contributed by atoms with E-state index >= 15 is 0 Å². The molecule has 0 rings (SSSR count).